The minimum Gasteiger partial charge on any atom is -0.292 e. The van der Waals surface area contributed by atoms with E-state index in [-0.39, 0.29) is 5.78 Å². The van der Waals surface area contributed by atoms with E-state index in [9.17, 15) is 4.79 Å². The number of benzene rings is 2. The van der Waals surface area contributed by atoms with Crippen molar-refractivity contribution in [3.05, 3.63) is 77.6 Å². The average molecular weight is 261 g/mol. The van der Waals surface area contributed by atoms with Gasteiger partial charge in [0.2, 0.25) is 0 Å². The molecule has 0 saturated carbocycles. The van der Waals surface area contributed by atoms with Crippen molar-refractivity contribution in [2.24, 2.45) is 0 Å². The van der Waals surface area contributed by atoms with Gasteiger partial charge < -0.3 is 0 Å². The Hall–Kier alpha value is -2.48. The van der Waals surface area contributed by atoms with E-state index in [0.29, 0.717) is 12.1 Å². The van der Waals surface area contributed by atoms with Crippen LogP contribution in [0.3, 0.4) is 0 Å². The van der Waals surface area contributed by atoms with E-state index in [1.54, 1.807) is 6.20 Å². The second-order valence-electron chi connectivity index (χ2n) is 4.97. The molecule has 0 atom stereocenters. The third-order valence-electron chi connectivity index (χ3n) is 3.42. The minimum atomic E-state index is 0.0608. The smallest absolute Gasteiger partial charge is 0.186 e. The summed E-state index contributed by atoms with van der Waals surface area (Å²) in [5, 5.41) is 1.97. The maximum atomic E-state index is 12.5. The molecule has 2 nitrogen and oxygen atoms in total. The third-order valence-corrected chi connectivity index (χ3v) is 3.42. The maximum absolute atomic E-state index is 12.5. The van der Waals surface area contributed by atoms with Crippen molar-refractivity contribution in [2.75, 3.05) is 0 Å². The van der Waals surface area contributed by atoms with Gasteiger partial charge in [-0.3, -0.25) is 9.78 Å². The highest BCUT2D eigenvalue weighted by atomic mass is 16.1. The number of carbonyl (C=O) groups excluding carboxylic acids is 1. The van der Waals surface area contributed by atoms with Crippen LogP contribution in [-0.4, -0.2) is 10.8 Å². The van der Waals surface area contributed by atoms with Crippen LogP contribution in [0.15, 0.2) is 60.8 Å². The van der Waals surface area contributed by atoms with Crippen molar-refractivity contribution in [1.82, 2.24) is 4.98 Å². The summed E-state index contributed by atoms with van der Waals surface area (Å²) in [7, 11) is 0. The molecule has 0 unspecified atom stereocenters. The van der Waals surface area contributed by atoms with Crippen LogP contribution >= 0.6 is 0 Å². The fourth-order valence-electron chi connectivity index (χ4n) is 2.32. The number of ketones is 1. The van der Waals surface area contributed by atoms with E-state index < -0.39 is 0 Å². The summed E-state index contributed by atoms with van der Waals surface area (Å²) in [4.78, 5) is 16.7. The predicted octanol–water partition coefficient (Wildman–Crippen LogP) is 3.97. The Bertz CT molecular complexity index is 754. The summed E-state index contributed by atoms with van der Waals surface area (Å²) in [5.74, 6) is 0.0608. The second-order valence-corrected chi connectivity index (χ2v) is 4.97. The zero-order chi connectivity index (χ0) is 13.9. The number of nitrogens with zero attached hydrogens (tertiary/aromatic N) is 1. The van der Waals surface area contributed by atoms with Gasteiger partial charge >= 0.3 is 0 Å². The van der Waals surface area contributed by atoms with Gasteiger partial charge in [-0.05, 0) is 23.9 Å². The quantitative estimate of drug-likeness (QED) is 0.668. The van der Waals surface area contributed by atoms with Gasteiger partial charge in [-0.1, -0.05) is 54.1 Å². The number of Topliss-reactive ketones (excluding diaryl/α,β-unsaturated/α-hetero) is 1. The highest BCUT2D eigenvalue weighted by Gasteiger charge is 2.12. The molecule has 2 aromatic carbocycles. The molecule has 0 aliphatic heterocycles. The first-order chi connectivity index (χ1) is 9.74. The molecule has 1 aromatic heterocycles. The molecule has 0 saturated heterocycles. The number of rotatable bonds is 3. The van der Waals surface area contributed by atoms with E-state index in [1.807, 2.05) is 61.5 Å². The Morgan fingerprint density at radius 3 is 2.55 bits per heavy atom. The Labute approximate surface area is 118 Å². The lowest BCUT2D eigenvalue weighted by molar-refractivity contribution is 0.0990. The van der Waals surface area contributed by atoms with Crippen molar-refractivity contribution in [3.63, 3.8) is 0 Å². The molecule has 0 spiro atoms. The van der Waals surface area contributed by atoms with Gasteiger partial charge in [-0.2, -0.15) is 0 Å². The molecule has 0 aliphatic rings. The van der Waals surface area contributed by atoms with Crippen LogP contribution in [0.4, 0.5) is 0 Å². The lowest BCUT2D eigenvalue weighted by Gasteiger charge is -2.05. The van der Waals surface area contributed by atoms with Gasteiger partial charge in [0.1, 0.15) is 5.69 Å². The highest BCUT2D eigenvalue weighted by Crippen LogP contribution is 2.18. The minimum absolute atomic E-state index is 0.0608. The van der Waals surface area contributed by atoms with Gasteiger partial charge in [0.05, 0.1) is 0 Å². The third kappa shape index (κ3) is 2.45. The van der Waals surface area contributed by atoms with Crippen molar-refractivity contribution in [2.45, 2.75) is 13.3 Å². The van der Waals surface area contributed by atoms with E-state index in [0.717, 1.165) is 16.3 Å². The van der Waals surface area contributed by atoms with Gasteiger partial charge in [0.15, 0.2) is 5.78 Å². The summed E-state index contributed by atoms with van der Waals surface area (Å²) in [6, 6.07) is 17.8. The molecule has 0 N–H and O–H groups in total. The summed E-state index contributed by atoms with van der Waals surface area (Å²) < 4.78 is 0. The first-order valence-electron chi connectivity index (χ1n) is 6.66. The van der Waals surface area contributed by atoms with Crippen LogP contribution in [0.25, 0.3) is 10.8 Å². The molecule has 0 aliphatic carbocycles. The van der Waals surface area contributed by atoms with Crippen LogP contribution in [0.5, 0.6) is 0 Å². The van der Waals surface area contributed by atoms with Crippen LogP contribution in [0, 0.1) is 6.92 Å². The van der Waals surface area contributed by atoms with Crippen molar-refractivity contribution in [1.29, 1.82) is 0 Å². The largest absolute Gasteiger partial charge is 0.292 e. The molecular weight excluding hydrogens is 246 g/mol. The van der Waals surface area contributed by atoms with E-state index >= 15 is 0 Å². The fourth-order valence-corrected chi connectivity index (χ4v) is 2.32. The number of fused-ring (bicyclic) bond motifs is 1. The molecule has 20 heavy (non-hydrogen) atoms. The number of hydrogen-bond acceptors (Lipinski definition) is 2. The summed E-state index contributed by atoms with van der Waals surface area (Å²) in [6.07, 6.45) is 2.09. The Kier molecular flexibility index (Phi) is 3.30. The van der Waals surface area contributed by atoms with Crippen LogP contribution < -0.4 is 0 Å². The summed E-state index contributed by atoms with van der Waals surface area (Å²) >= 11 is 0. The number of aromatic nitrogens is 1. The Morgan fingerprint density at radius 1 is 1.00 bits per heavy atom. The van der Waals surface area contributed by atoms with Crippen molar-refractivity contribution >= 4 is 16.6 Å². The van der Waals surface area contributed by atoms with Gasteiger partial charge in [-0.25, -0.2) is 0 Å². The topological polar surface area (TPSA) is 30.0 Å². The first-order valence-corrected chi connectivity index (χ1v) is 6.66. The zero-order valence-corrected chi connectivity index (χ0v) is 11.3. The molecule has 3 rings (SSSR count). The van der Waals surface area contributed by atoms with E-state index in [4.69, 9.17) is 0 Å². The number of hydrogen-bond donors (Lipinski definition) is 0. The molecular formula is C18H15NO. The Balaban J connectivity index is 1.94. The molecule has 2 heteroatoms. The van der Waals surface area contributed by atoms with Crippen LogP contribution in [0.1, 0.15) is 21.6 Å². The maximum Gasteiger partial charge on any atom is 0.186 e. The zero-order valence-electron chi connectivity index (χ0n) is 11.3. The molecule has 0 fully saturated rings. The van der Waals surface area contributed by atoms with E-state index in [2.05, 4.69) is 4.98 Å². The van der Waals surface area contributed by atoms with Gasteiger partial charge in [0.25, 0.3) is 0 Å². The SMILES string of the molecule is Cc1ccc(CC(=O)c2nccc3ccccc23)cc1. The molecule has 0 radical (unpaired) electrons. The summed E-state index contributed by atoms with van der Waals surface area (Å²) in [5.41, 5.74) is 2.78. The monoisotopic (exact) mass is 261 g/mol. The van der Waals surface area contributed by atoms with Crippen LogP contribution in [0.2, 0.25) is 0 Å². The lowest BCUT2D eigenvalue weighted by atomic mass is 10.0. The van der Waals surface area contributed by atoms with Crippen molar-refractivity contribution < 1.29 is 4.79 Å². The standard InChI is InChI=1S/C18H15NO/c1-13-6-8-14(9-7-13)12-17(20)18-16-5-3-2-4-15(16)10-11-19-18/h2-11H,12H2,1H3. The molecule has 3 aromatic rings. The highest BCUT2D eigenvalue weighted by molar-refractivity contribution is 6.07. The number of carbonyl (C=O) groups is 1. The van der Waals surface area contributed by atoms with Crippen molar-refractivity contribution in [3.8, 4) is 0 Å². The lowest BCUT2D eigenvalue weighted by Crippen LogP contribution is -2.06. The fraction of sp³-hybridized carbons (Fsp3) is 0.111. The number of aryl methyl sites for hydroxylation is 1. The summed E-state index contributed by atoms with van der Waals surface area (Å²) in [6.45, 7) is 2.04. The molecule has 98 valence electrons. The average Bonchev–Trinajstić information content (AvgIpc) is 2.49. The van der Waals surface area contributed by atoms with E-state index in [1.165, 1.54) is 5.56 Å². The first kappa shape index (κ1) is 12.5. The Morgan fingerprint density at radius 2 is 1.75 bits per heavy atom. The second kappa shape index (κ2) is 5.25. The molecule has 0 bridgehead atoms. The van der Waals surface area contributed by atoms with Gasteiger partial charge in [-0.15, -0.1) is 0 Å². The van der Waals surface area contributed by atoms with Crippen LogP contribution in [-0.2, 0) is 6.42 Å². The number of pyridine rings is 1. The molecule has 1 heterocycles. The van der Waals surface area contributed by atoms with Gasteiger partial charge in [0, 0.05) is 18.0 Å². The normalized spacial score (nSPS) is 10.7. The molecule has 0 amide bonds. The predicted molar refractivity (Wildman–Crippen MR) is 81.0 cm³/mol.